The third kappa shape index (κ3) is 13.7. The molecule has 0 spiro atoms. The molecule has 0 radical (unpaired) electrons. The summed E-state index contributed by atoms with van der Waals surface area (Å²) in [5.74, 6) is -6.37. The molecule has 2 amide bonds. The van der Waals surface area contributed by atoms with Crippen LogP contribution in [0.15, 0.2) is 45.1 Å². The number of rotatable bonds is 11. The number of nitrogens with zero attached hydrogens (tertiary/aromatic N) is 1. The van der Waals surface area contributed by atoms with Gasteiger partial charge in [0.25, 0.3) is 5.91 Å². The number of ether oxygens (including phenoxy) is 2. The molecule has 5 rings (SSSR count). The van der Waals surface area contributed by atoms with Crippen molar-refractivity contribution in [3.63, 3.8) is 0 Å². The van der Waals surface area contributed by atoms with Crippen LogP contribution in [0.2, 0.25) is 0 Å². The minimum atomic E-state index is -1.42. The van der Waals surface area contributed by atoms with Crippen LogP contribution in [-0.4, -0.2) is 68.9 Å². The number of carbonyl (C=O) groups is 6. The predicted molar refractivity (Wildman–Crippen MR) is 296 cm³/mol. The molecule has 5 atom stereocenters. The lowest BCUT2D eigenvalue weighted by molar-refractivity contribution is -0.164. The maximum atomic E-state index is 15.4. The summed E-state index contributed by atoms with van der Waals surface area (Å²) in [7, 11) is 0. The Morgan fingerprint density at radius 1 is 0.680 bits per heavy atom. The smallest absolute Gasteiger partial charge is 0.342 e. The maximum absolute atomic E-state index is 15.4. The number of allylic oxidation sites excluding steroid dienone is 1. The van der Waals surface area contributed by atoms with E-state index in [1.165, 1.54) is 6.08 Å². The van der Waals surface area contributed by atoms with Gasteiger partial charge >= 0.3 is 23.9 Å². The SMILES string of the molecule is CC1CC(C(C)(C)C)C(OC(=O)C2=C(C(C)C)C(=Cc3[nH]c(NC(=O)C(C)(C)C)c(C(=O)OC4C(C(C)(C)C)CC(C)CC4C(C)(C)C)c3C(C)C)N=C2NC(=O)C2=C(C(=O)O)C=CC(C(=O)O)C2)C(C(C)(C)C)C1. The monoisotopic (exact) mass is 1040 g/mol. The van der Waals surface area contributed by atoms with Gasteiger partial charge in [-0.2, -0.15) is 0 Å². The number of aliphatic imine (C=N–C) groups is 1. The van der Waals surface area contributed by atoms with E-state index >= 15 is 9.59 Å². The van der Waals surface area contributed by atoms with E-state index in [1.54, 1.807) is 26.8 Å². The first-order chi connectivity index (χ1) is 34.1. The van der Waals surface area contributed by atoms with Crippen LogP contribution in [0.3, 0.4) is 0 Å². The molecular formula is C61H92N4O10. The Morgan fingerprint density at radius 2 is 1.13 bits per heavy atom. The molecule has 3 aliphatic carbocycles. The number of amides is 2. The van der Waals surface area contributed by atoms with Gasteiger partial charge in [0.05, 0.1) is 17.2 Å². The van der Waals surface area contributed by atoms with E-state index in [1.807, 2.05) is 27.7 Å². The molecule has 0 bridgehead atoms. The van der Waals surface area contributed by atoms with Gasteiger partial charge in [-0.3, -0.25) is 14.4 Å². The number of amidine groups is 1. The van der Waals surface area contributed by atoms with Gasteiger partial charge in [0.15, 0.2) is 0 Å². The number of hydrogen-bond acceptors (Lipinski definition) is 9. The summed E-state index contributed by atoms with van der Waals surface area (Å²) in [6, 6.07) is 0. The summed E-state index contributed by atoms with van der Waals surface area (Å²) in [6.07, 6.45) is 6.12. The highest BCUT2D eigenvalue weighted by Gasteiger charge is 2.51. The number of carboxylic acid groups (broad SMARTS) is 2. The summed E-state index contributed by atoms with van der Waals surface area (Å²) < 4.78 is 13.7. The van der Waals surface area contributed by atoms with Crippen molar-refractivity contribution in [2.45, 2.75) is 196 Å². The Balaban J connectivity index is 1.79. The van der Waals surface area contributed by atoms with Crippen LogP contribution in [0, 0.1) is 74.4 Å². The van der Waals surface area contributed by atoms with Gasteiger partial charge in [-0.15, -0.1) is 0 Å². The lowest BCUT2D eigenvalue weighted by Crippen LogP contribution is -2.50. The van der Waals surface area contributed by atoms with Crippen LogP contribution in [0.1, 0.15) is 205 Å². The number of hydrogen-bond donors (Lipinski definition) is 5. The van der Waals surface area contributed by atoms with E-state index in [-0.39, 0.29) is 96.8 Å². The third-order valence-electron chi connectivity index (χ3n) is 16.3. The summed E-state index contributed by atoms with van der Waals surface area (Å²) in [6.45, 7) is 43.6. The molecule has 14 heteroatoms. The molecule has 5 unspecified atom stereocenters. The van der Waals surface area contributed by atoms with Gasteiger partial charge < -0.3 is 35.3 Å². The Hall–Kier alpha value is -5.27. The standard InChI is InChI=1S/C61H92N4O10/c1-30(2)43-41(29-42-44(31(3)4)46(50(63-42)65-56(73)61(19,20)21)55(72)75-48-39(59(13,14)15)26-33(6)27-40(48)60(16,17)18)62-49(64-51(66)36-28-34(52(67)68)22-23-35(36)53(69)70)45(43)54(71)74-47-37(57(7,8)9)24-32(5)25-38(47)58(10,11)12/h22-23,29-34,37-40,47-48,63H,24-28H2,1-21H3,(H,65,73)(H,67,68)(H,69,70)(H,62,64,66). The number of anilines is 1. The zero-order chi connectivity index (χ0) is 57.0. The molecular weight excluding hydrogens is 949 g/mol. The summed E-state index contributed by atoms with van der Waals surface area (Å²) in [4.78, 5) is 92.3. The normalized spacial score (nSPS) is 26.7. The molecule has 1 aromatic rings. The number of aromatic amines is 1. The highest BCUT2D eigenvalue weighted by atomic mass is 16.5. The fourth-order valence-electron chi connectivity index (χ4n) is 12.1. The second-order valence-electron chi connectivity index (χ2n) is 28.4. The van der Waals surface area contributed by atoms with Crippen molar-refractivity contribution in [2.24, 2.45) is 79.4 Å². The highest BCUT2D eigenvalue weighted by Crippen LogP contribution is 2.52. The Bertz CT molecular complexity index is 2520. The van der Waals surface area contributed by atoms with Gasteiger partial charge in [0, 0.05) is 40.4 Å². The molecule has 1 aromatic heterocycles. The molecule has 4 aliphatic rings. The van der Waals surface area contributed by atoms with Crippen LogP contribution in [0.4, 0.5) is 5.82 Å². The molecule has 0 saturated heterocycles. The number of carboxylic acids is 2. The zero-order valence-corrected chi connectivity index (χ0v) is 49.2. The first kappa shape index (κ1) is 60.6. The van der Waals surface area contributed by atoms with E-state index in [4.69, 9.17) is 14.5 Å². The fraction of sp³-hybridized carbons (Fsp3) is 0.689. The Morgan fingerprint density at radius 3 is 1.52 bits per heavy atom. The quantitative estimate of drug-likeness (QED) is 0.132. The van der Waals surface area contributed by atoms with Crippen molar-refractivity contribution in [3.05, 3.63) is 57.0 Å². The van der Waals surface area contributed by atoms with Crippen LogP contribution in [0.5, 0.6) is 0 Å². The average Bonchev–Trinajstić information content (AvgIpc) is 3.79. The van der Waals surface area contributed by atoms with Gasteiger partial charge in [0.1, 0.15) is 35.0 Å². The molecule has 2 saturated carbocycles. The topological polar surface area (TPSA) is 214 Å². The third-order valence-corrected chi connectivity index (χ3v) is 16.3. The second-order valence-corrected chi connectivity index (χ2v) is 28.4. The molecule has 2 heterocycles. The van der Waals surface area contributed by atoms with Gasteiger partial charge in [-0.05, 0) is 94.6 Å². The van der Waals surface area contributed by atoms with Gasteiger partial charge in [-0.25, -0.2) is 19.4 Å². The Kier molecular flexibility index (Phi) is 17.8. The second kappa shape index (κ2) is 22.0. The Labute approximate surface area is 447 Å². The number of carbonyl (C=O) groups excluding carboxylic acids is 4. The highest BCUT2D eigenvalue weighted by molar-refractivity contribution is 6.27. The lowest BCUT2D eigenvalue weighted by Gasteiger charge is -2.50. The summed E-state index contributed by atoms with van der Waals surface area (Å²) in [5, 5.41) is 25.9. The van der Waals surface area contributed by atoms with Crippen molar-refractivity contribution in [1.29, 1.82) is 0 Å². The van der Waals surface area contributed by atoms with Crippen LogP contribution < -0.4 is 10.6 Å². The van der Waals surface area contributed by atoms with Gasteiger partial charge in [-0.1, -0.05) is 158 Å². The molecule has 14 nitrogen and oxygen atoms in total. The van der Waals surface area contributed by atoms with E-state index < -0.39 is 65.7 Å². The lowest BCUT2D eigenvalue weighted by atomic mass is 9.59. The molecule has 0 aromatic carbocycles. The molecule has 5 N–H and O–H groups in total. The molecule has 416 valence electrons. The minimum Gasteiger partial charge on any atom is -0.481 e. The number of esters is 2. The van der Waals surface area contributed by atoms with Crippen molar-refractivity contribution >= 4 is 53.4 Å². The molecule has 75 heavy (non-hydrogen) atoms. The summed E-state index contributed by atoms with van der Waals surface area (Å²) in [5.41, 5.74) is -0.631. The predicted octanol–water partition coefficient (Wildman–Crippen LogP) is 12.9. The minimum absolute atomic E-state index is 0.0198. The van der Waals surface area contributed by atoms with Crippen molar-refractivity contribution < 1.29 is 48.5 Å². The molecule has 2 fully saturated rings. The molecule has 1 aliphatic heterocycles. The van der Waals surface area contributed by atoms with E-state index in [2.05, 4.69) is 113 Å². The fourth-order valence-corrected chi connectivity index (χ4v) is 12.1. The number of nitrogens with one attached hydrogen (secondary N) is 3. The largest absolute Gasteiger partial charge is 0.481 e. The van der Waals surface area contributed by atoms with Gasteiger partial charge in [0.2, 0.25) is 5.91 Å². The zero-order valence-electron chi connectivity index (χ0n) is 49.2. The number of aliphatic carboxylic acids is 2. The average molecular weight is 1040 g/mol. The first-order valence-electron chi connectivity index (χ1n) is 27.4. The van der Waals surface area contributed by atoms with Crippen LogP contribution >= 0.6 is 0 Å². The number of aromatic nitrogens is 1. The summed E-state index contributed by atoms with van der Waals surface area (Å²) >= 11 is 0. The number of H-pyrrole nitrogens is 1. The van der Waals surface area contributed by atoms with Crippen molar-refractivity contribution in [2.75, 3.05) is 5.32 Å². The van der Waals surface area contributed by atoms with Crippen molar-refractivity contribution in [1.82, 2.24) is 10.3 Å². The van der Waals surface area contributed by atoms with E-state index in [9.17, 15) is 29.4 Å². The van der Waals surface area contributed by atoms with Crippen LogP contribution in [-0.2, 0) is 33.4 Å². The van der Waals surface area contributed by atoms with Crippen LogP contribution in [0.25, 0.3) is 6.08 Å². The maximum Gasteiger partial charge on any atom is 0.342 e. The van der Waals surface area contributed by atoms with E-state index in [0.29, 0.717) is 28.7 Å². The first-order valence-corrected chi connectivity index (χ1v) is 27.4. The van der Waals surface area contributed by atoms with Crippen molar-refractivity contribution in [3.8, 4) is 0 Å². The van der Waals surface area contributed by atoms with E-state index in [0.717, 1.165) is 31.8 Å².